The smallest absolute Gasteiger partial charge is 0.119 e. The van der Waals surface area contributed by atoms with Crippen molar-refractivity contribution in [2.75, 3.05) is 13.7 Å². The fraction of sp³-hybridized carbons (Fsp3) is 0.294. The lowest BCUT2D eigenvalue weighted by Gasteiger charge is -2.10. The van der Waals surface area contributed by atoms with E-state index >= 15 is 0 Å². The Morgan fingerprint density at radius 1 is 1.05 bits per heavy atom. The van der Waals surface area contributed by atoms with Crippen molar-refractivity contribution >= 4 is 0 Å². The Morgan fingerprint density at radius 2 is 1.80 bits per heavy atom. The van der Waals surface area contributed by atoms with Crippen molar-refractivity contribution in [2.24, 2.45) is 0 Å². The molecule has 2 aromatic carbocycles. The number of methoxy groups -OCH3 is 1. The fourth-order valence-electron chi connectivity index (χ4n) is 1.94. The number of hydrogen-bond donors (Lipinski definition) is 1. The molecular formula is C17H20O3. The molecule has 3 heteroatoms. The first-order valence-electron chi connectivity index (χ1n) is 6.73. The third-order valence-electron chi connectivity index (χ3n) is 3.16. The van der Waals surface area contributed by atoms with Crippen LogP contribution in [0.2, 0.25) is 0 Å². The van der Waals surface area contributed by atoms with E-state index in [1.807, 2.05) is 48.5 Å². The Hall–Kier alpha value is -2.00. The lowest BCUT2D eigenvalue weighted by atomic mass is 10.1. The molecule has 0 aromatic heterocycles. The molecule has 106 valence electrons. The number of benzene rings is 2. The predicted octanol–water partition coefficient (Wildman–Crippen LogP) is 3.37. The van der Waals surface area contributed by atoms with Gasteiger partial charge in [0.15, 0.2) is 0 Å². The van der Waals surface area contributed by atoms with Gasteiger partial charge < -0.3 is 14.6 Å². The summed E-state index contributed by atoms with van der Waals surface area (Å²) in [6.07, 6.45) is 0.364. The summed E-state index contributed by atoms with van der Waals surface area (Å²) in [5.74, 6) is 1.65. The Bertz CT molecular complexity index is 532. The topological polar surface area (TPSA) is 38.7 Å². The minimum absolute atomic E-state index is 0.472. The molecule has 0 unspecified atom stereocenters. The van der Waals surface area contributed by atoms with Crippen LogP contribution in [-0.2, 0) is 6.42 Å². The molecule has 0 amide bonds. The average Bonchev–Trinajstić information content (AvgIpc) is 2.48. The van der Waals surface area contributed by atoms with Gasteiger partial charge in [-0.15, -0.1) is 0 Å². The highest BCUT2D eigenvalue weighted by Crippen LogP contribution is 2.19. The van der Waals surface area contributed by atoms with Crippen molar-refractivity contribution in [2.45, 2.75) is 19.4 Å². The zero-order valence-electron chi connectivity index (χ0n) is 11.9. The molecular weight excluding hydrogens is 252 g/mol. The van der Waals surface area contributed by atoms with Crippen LogP contribution in [0.4, 0.5) is 0 Å². The van der Waals surface area contributed by atoms with Crippen molar-refractivity contribution in [3.05, 3.63) is 59.7 Å². The molecule has 1 atom stereocenters. The summed E-state index contributed by atoms with van der Waals surface area (Å²) in [6, 6.07) is 15.5. The third kappa shape index (κ3) is 4.00. The van der Waals surface area contributed by atoms with Crippen molar-refractivity contribution in [1.82, 2.24) is 0 Å². The van der Waals surface area contributed by atoms with Crippen LogP contribution in [0.5, 0.6) is 11.5 Å². The fourth-order valence-corrected chi connectivity index (χ4v) is 1.94. The quantitative estimate of drug-likeness (QED) is 0.876. The number of ether oxygens (including phenoxy) is 2. The lowest BCUT2D eigenvalue weighted by molar-refractivity contribution is 0.198. The van der Waals surface area contributed by atoms with Crippen LogP contribution >= 0.6 is 0 Å². The molecule has 0 aliphatic heterocycles. The molecule has 1 N–H and O–H groups in total. The van der Waals surface area contributed by atoms with Gasteiger partial charge >= 0.3 is 0 Å². The van der Waals surface area contributed by atoms with E-state index in [0.29, 0.717) is 6.61 Å². The Labute approximate surface area is 119 Å². The van der Waals surface area contributed by atoms with Crippen molar-refractivity contribution < 1.29 is 14.6 Å². The molecule has 20 heavy (non-hydrogen) atoms. The van der Waals surface area contributed by atoms with E-state index in [9.17, 15) is 5.11 Å². The van der Waals surface area contributed by atoms with E-state index in [0.717, 1.165) is 23.5 Å². The van der Waals surface area contributed by atoms with Crippen LogP contribution in [0.15, 0.2) is 48.5 Å². The highest BCUT2D eigenvalue weighted by molar-refractivity contribution is 5.30. The van der Waals surface area contributed by atoms with Gasteiger partial charge in [-0.3, -0.25) is 0 Å². The van der Waals surface area contributed by atoms with Crippen molar-refractivity contribution in [3.8, 4) is 11.5 Å². The summed E-state index contributed by atoms with van der Waals surface area (Å²) >= 11 is 0. The molecule has 2 aromatic rings. The monoisotopic (exact) mass is 272 g/mol. The maximum Gasteiger partial charge on any atom is 0.119 e. The van der Waals surface area contributed by atoms with Crippen LogP contribution in [0, 0.1) is 0 Å². The Balaban J connectivity index is 1.87. The molecule has 0 aliphatic rings. The normalized spacial score (nSPS) is 11.9. The van der Waals surface area contributed by atoms with E-state index < -0.39 is 6.10 Å². The number of aliphatic hydroxyl groups excluding tert-OH is 1. The molecule has 3 nitrogen and oxygen atoms in total. The van der Waals surface area contributed by atoms with Crippen molar-refractivity contribution in [1.29, 1.82) is 0 Å². The molecule has 0 aliphatic carbocycles. The van der Waals surface area contributed by atoms with E-state index in [1.54, 1.807) is 14.0 Å². The second-order valence-corrected chi connectivity index (χ2v) is 4.69. The van der Waals surface area contributed by atoms with Gasteiger partial charge in [0, 0.05) is 6.42 Å². The summed E-state index contributed by atoms with van der Waals surface area (Å²) in [7, 11) is 1.66. The summed E-state index contributed by atoms with van der Waals surface area (Å²) in [6.45, 7) is 2.35. The molecule has 0 heterocycles. The van der Waals surface area contributed by atoms with Crippen LogP contribution < -0.4 is 9.47 Å². The van der Waals surface area contributed by atoms with E-state index in [2.05, 4.69) is 0 Å². The zero-order chi connectivity index (χ0) is 14.4. The Kier molecular flexibility index (Phi) is 5.02. The third-order valence-corrected chi connectivity index (χ3v) is 3.16. The largest absolute Gasteiger partial charge is 0.497 e. The highest BCUT2D eigenvalue weighted by atomic mass is 16.5. The van der Waals surface area contributed by atoms with Crippen LogP contribution in [0.1, 0.15) is 24.2 Å². The van der Waals surface area contributed by atoms with Crippen LogP contribution in [-0.4, -0.2) is 18.8 Å². The maximum atomic E-state index is 9.53. The van der Waals surface area contributed by atoms with Gasteiger partial charge in [0.05, 0.1) is 19.8 Å². The summed E-state index contributed by atoms with van der Waals surface area (Å²) < 4.78 is 10.8. The Morgan fingerprint density at radius 3 is 2.45 bits per heavy atom. The van der Waals surface area contributed by atoms with Gasteiger partial charge in [0.25, 0.3) is 0 Å². The second-order valence-electron chi connectivity index (χ2n) is 4.69. The van der Waals surface area contributed by atoms with Crippen LogP contribution in [0.25, 0.3) is 0 Å². The lowest BCUT2D eigenvalue weighted by Crippen LogP contribution is -2.02. The first kappa shape index (κ1) is 14.4. The molecule has 0 bridgehead atoms. The van der Waals surface area contributed by atoms with Gasteiger partial charge in [-0.1, -0.05) is 24.3 Å². The number of hydrogen-bond acceptors (Lipinski definition) is 3. The van der Waals surface area contributed by atoms with E-state index in [1.165, 1.54) is 5.56 Å². The minimum atomic E-state index is -0.472. The highest BCUT2D eigenvalue weighted by Gasteiger charge is 2.02. The summed E-state index contributed by atoms with van der Waals surface area (Å²) in [5.41, 5.74) is 2.07. The van der Waals surface area contributed by atoms with E-state index in [4.69, 9.17) is 9.47 Å². The zero-order valence-corrected chi connectivity index (χ0v) is 11.9. The predicted molar refractivity (Wildman–Crippen MR) is 79.3 cm³/mol. The maximum absolute atomic E-state index is 9.53. The van der Waals surface area contributed by atoms with Gasteiger partial charge in [-0.25, -0.2) is 0 Å². The molecule has 0 spiro atoms. The average molecular weight is 272 g/mol. The molecule has 0 radical (unpaired) electrons. The number of aliphatic hydroxyl groups is 1. The van der Waals surface area contributed by atoms with E-state index in [-0.39, 0.29) is 0 Å². The van der Waals surface area contributed by atoms with Gasteiger partial charge in [-0.2, -0.15) is 0 Å². The standard InChI is InChI=1S/C17H20O3/c1-13(18)15-4-3-5-17(12-15)20-11-10-14-6-8-16(19-2)9-7-14/h3-9,12-13,18H,10-11H2,1-2H3/t13-/m1/s1. The van der Waals surface area contributed by atoms with Gasteiger partial charge in [-0.05, 0) is 42.3 Å². The summed E-state index contributed by atoms with van der Waals surface area (Å²) in [5, 5.41) is 9.53. The second kappa shape index (κ2) is 6.96. The SMILES string of the molecule is COc1ccc(CCOc2cccc([C@@H](C)O)c2)cc1. The molecule has 0 saturated heterocycles. The molecule has 0 saturated carbocycles. The molecule has 0 fully saturated rings. The molecule has 2 rings (SSSR count). The first-order valence-corrected chi connectivity index (χ1v) is 6.73. The van der Waals surface area contributed by atoms with Crippen LogP contribution in [0.3, 0.4) is 0 Å². The van der Waals surface area contributed by atoms with Gasteiger partial charge in [0.2, 0.25) is 0 Å². The number of rotatable bonds is 6. The minimum Gasteiger partial charge on any atom is -0.497 e. The first-order chi connectivity index (χ1) is 9.69. The van der Waals surface area contributed by atoms with Gasteiger partial charge in [0.1, 0.15) is 11.5 Å². The summed E-state index contributed by atoms with van der Waals surface area (Å²) in [4.78, 5) is 0. The van der Waals surface area contributed by atoms with Crippen molar-refractivity contribution in [3.63, 3.8) is 0 Å².